The number of para-hydroxylation sites is 1. The number of hydrogen-bond acceptors (Lipinski definition) is 1. The van der Waals surface area contributed by atoms with Crippen molar-refractivity contribution in [1.29, 1.82) is 0 Å². The van der Waals surface area contributed by atoms with Crippen molar-refractivity contribution in [2.75, 3.05) is 5.32 Å². The number of rotatable bonds is 1. The molecular weight excluding hydrogens is 262 g/mol. The summed E-state index contributed by atoms with van der Waals surface area (Å²) in [6.45, 7) is 0. The summed E-state index contributed by atoms with van der Waals surface area (Å²) < 4.78 is 1.13. The highest BCUT2D eigenvalue weighted by atomic mass is 79.9. The van der Waals surface area contributed by atoms with E-state index in [1.54, 1.807) is 0 Å². The molecule has 1 N–H and O–H groups in total. The molecule has 0 fully saturated rings. The molecule has 2 aromatic rings. The summed E-state index contributed by atoms with van der Waals surface area (Å²) in [4.78, 5) is 0. The SMILES string of the molecule is Brc1ccccc1.C#CNc1ccccc1. The summed E-state index contributed by atoms with van der Waals surface area (Å²) in [6.07, 6.45) is 5.00. The second-order valence-electron chi connectivity index (χ2n) is 2.93. The van der Waals surface area contributed by atoms with Crippen LogP contribution in [0.25, 0.3) is 0 Å². The largest absolute Gasteiger partial charge is 0.315 e. The van der Waals surface area contributed by atoms with Crippen LogP contribution in [0.5, 0.6) is 0 Å². The molecule has 1 nitrogen and oxygen atoms in total. The third-order valence-electron chi connectivity index (χ3n) is 1.72. The van der Waals surface area contributed by atoms with E-state index in [9.17, 15) is 0 Å². The molecular formula is C14H12BrN. The van der Waals surface area contributed by atoms with Crippen molar-refractivity contribution in [2.24, 2.45) is 0 Å². The van der Waals surface area contributed by atoms with Crippen molar-refractivity contribution in [3.8, 4) is 12.5 Å². The van der Waals surface area contributed by atoms with E-state index in [4.69, 9.17) is 6.42 Å². The number of hydrogen-bond donors (Lipinski definition) is 1. The van der Waals surface area contributed by atoms with Gasteiger partial charge in [0.15, 0.2) is 0 Å². The first kappa shape index (κ1) is 12.4. The van der Waals surface area contributed by atoms with Crippen LogP contribution in [0.15, 0.2) is 65.1 Å². The van der Waals surface area contributed by atoms with Crippen molar-refractivity contribution < 1.29 is 0 Å². The number of anilines is 1. The van der Waals surface area contributed by atoms with Crippen LogP contribution >= 0.6 is 15.9 Å². The van der Waals surface area contributed by atoms with Crippen LogP contribution in [-0.4, -0.2) is 0 Å². The maximum Gasteiger partial charge on any atom is 0.0459 e. The van der Waals surface area contributed by atoms with Crippen molar-refractivity contribution in [3.05, 3.63) is 65.1 Å². The molecule has 0 aliphatic rings. The molecule has 0 heterocycles. The summed E-state index contributed by atoms with van der Waals surface area (Å²) in [5.41, 5.74) is 0.958. The summed E-state index contributed by atoms with van der Waals surface area (Å²) in [7, 11) is 0. The second-order valence-corrected chi connectivity index (χ2v) is 3.85. The van der Waals surface area contributed by atoms with Crippen LogP contribution in [-0.2, 0) is 0 Å². The van der Waals surface area contributed by atoms with E-state index >= 15 is 0 Å². The average Bonchev–Trinajstić information content (AvgIpc) is 2.33. The first-order valence-electron chi connectivity index (χ1n) is 4.80. The van der Waals surface area contributed by atoms with Gasteiger partial charge in [0.25, 0.3) is 0 Å². The van der Waals surface area contributed by atoms with Gasteiger partial charge >= 0.3 is 0 Å². The molecule has 2 rings (SSSR count). The van der Waals surface area contributed by atoms with Crippen LogP contribution in [0, 0.1) is 12.5 Å². The van der Waals surface area contributed by atoms with Gasteiger partial charge in [-0.25, -0.2) is 0 Å². The number of benzene rings is 2. The summed E-state index contributed by atoms with van der Waals surface area (Å²) in [5.74, 6) is 0. The first-order chi connectivity index (χ1) is 7.83. The van der Waals surface area contributed by atoms with Crippen molar-refractivity contribution in [3.63, 3.8) is 0 Å². The molecule has 0 radical (unpaired) electrons. The standard InChI is InChI=1S/C8H7N.C6H5Br/c1-2-9-8-6-4-3-5-7-8;7-6-4-2-1-3-5-6/h1,3-7,9H;1-5H. The highest BCUT2D eigenvalue weighted by Gasteiger charge is 1.80. The van der Waals surface area contributed by atoms with Gasteiger partial charge in [0.2, 0.25) is 0 Å². The number of terminal acetylenes is 1. The Bertz CT molecular complexity index is 431. The van der Waals surface area contributed by atoms with E-state index in [0.29, 0.717) is 0 Å². The van der Waals surface area contributed by atoms with Gasteiger partial charge in [0.05, 0.1) is 0 Å². The fourth-order valence-electron chi connectivity index (χ4n) is 1.02. The molecule has 80 valence electrons. The molecule has 0 unspecified atom stereocenters. The minimum Gasteiger partial charge on any atom is -0.315 e. The maximum absolute atomic E-state index is 5.00. The van der Waals surface area contributed by atoms with Crippen LogP contribution < -0.4 is 5.32 Å². The predicted molar refractivity (Wildman–Crippen MR) is 73.0 cm³/mol. The number of nitrogens with one attached hydrogen (secondary N) is 1. The topological polar surface area (TPSA) is 12.0 Å². The minimum absolute atomic E-state index is 0.958. The van der Waals surface area contributed by atoms with Gasteiger partial charge in [-0.05, 0) is 24.3 Å². The van der Waals surface area contributed by atoms with Crippen LogP contribution in [0.3, 0.4) is 0 Å². The van der Waals surface area contributed by atoms with Crippen molar-refractivity contribution >= 4 is 21.6 Å². The molecule has 0 saturated carbocycles. The van der Waals surface area contributed by atoms with Gasteiger partial charge < -0.3 is 5.32 Å². The molecule has 0 spiro atoms. The van der Waals surface area contributed by atoms with Gasteiger partial charge in [0, 0.05) is 16.2 Å². The maximum atomic E-state index is 5.00. The van der Waals surface area contributed by atoms with Gasteiger partial charge in [-0.15, -0.1) is 0 Å². The Labute approximate surface area is 105 Å². The quantitative estimate of drug-likeness (QED) is 0.608. The highest BCUT2D eigenvalue weighted by molar-refractivity contribution is 9.10. The molecule has 0 amide bonds. The lowest BCUT2D eigenvalue weighted by Gasteiger charge is -1.93. The Hall–Kier alpha value is -1.72. The Balaban J connectivity index is 0.000000165. The van der Waals surface area contributed by atoms with E-state index in [0.717, 1.165) is 10.2 Å². The van der Waals surface area contributed by atoms with Crippen LogP contribution in [0.1, 0.15) is 0 Å². The van der Waals surface area contributed by atoms with Gasteiger partial charge in [-0.3, -0.25) is 0 Å². The second kappa shape index (κ2) is 7.56. The van der Waals surface area contributed by atoms with Gasteiger partial charge in [-0.2, -0.15) is 0 Å². The zero-order valence-electron chi connectivity index (χ0n) is 8.73. The highest BCUT2D eigenvalue weighted by Crippen LogP contribution is 2.05. The van der Waals surface area contributed by atoms with Crippen molar-refractivity contribution in [1.82, 2.24) is 0 Å². The van der Waals surface area contributed by atoms with Gasteiger partial charge in [-0.1, -0.05) is 58.8 Å². The zero-order valence-corrected chi connectivity index (χ0v) is 10.3. The van der Waals surface area contributed by atoms with Gasteiger partial charge in [0.1, 0.15) is 0 Å². The summed E-state index contributed by atoms with van der Waals surface area (Å²) in [5, 5.41) is 2.74. The van der Waals surface area contributed by atoms with Crippen molar-refractivity contribution in [2.45, 2.75) is 0 Å². The normalized spacial score (nSPS) is 8.25. The summed E-state index contributed by atoms with van der Waals surface area (Å²) in [6, 6.07) is 21.9. The Kier molecular flexibility index (Phi) is 5.83. The monoisotopic (exact) mass is 273 g/mol. The lowest BCUT2D eigenvalue weighted by atomic mass is 10.3. The van der Waals surface area contributed by atoms with E-state index in [1.807, 2.05) is 60.7 Å². The molecule has 2 heteroatoms. The molecule has 0 atom stereocenters. The van der Waals surface area contributed by atoms with E-state index in [-0.39, 0.29) is 0 Å². The molecule has 0 aliphatic carbocycles. The molecule has 0 aromatic heterocycles. The predicted octanol–water partition coefficient (Wildman–Crippen LogP) is 4.14. The molecule has 16 heavy (non-hydrogen) atoms. The average molecular weight is 274 g/mol. The third kappa shape index (κ3) is 5.23. The third-order valence-corrected chi connectivity index (χ3v) is 2.25. The molecule has 2 aromatic carbocycles. The van der Waals surface area contributed by atoms with Crippen LogP contribution in [0.4, 0.5) is 5.69 Å². The van der Waals surface area contributed by atoms with E-state index in [1.165, 1.54) is 0 Å². The Morgan fingerprint density at radius 3 is 1.75 bits per heavy atom. The zero-order chi connectivity index (χ0) is 11.6. The fourth-order valence-corrected chi connectivity index (χ4v) is 1.32. The fraction of sp³-hybridized carbons (Fsp3) is 0. The smallest absolute Gasteiger partial charge is 0.0459 e. The lowest BCUT2D eigenvalue weighted by Crippen LogP contribution is -1.83. The first-order valence-corrected chi connectivity index (χ1v) is 5.59. The van der Waals surface area contributed by atoms with E-state index in [2.05, 4.69) is 27.3 Å². The van der Waals surface area contributed by atoms with E-state index < -0.39 is 0 Å². The Morgan fingerprint density at radius 1 is 0.875 bits per heavy atom. The molecule has 0 saturated heterocycles. The molecule has 0 aliphatic heterocycles. The minimum atomic E-state index is 0.958. The van der Waals surface area contributed by atoms with Crippen LogP contribution in [0.2, 0.25) is 0 Å². The lowest BCUT2D eigenvalue weighted by molar-refractivity contribution is 1.63. The molecule has 0 bridgehead atoms. The number of halogens is 1. The Morgan fingerprint density at radius 2 is 1.38 bits per heavy atom. The summed E-state index contributed by atoms with van der Waals surface area (Å²) >= 11 is 3.31.